The van der Waals surface area contributed by atoms with Crippen LogP contribution in [0.15, 0.2) is 66.9 Å². The maximum absolute atomic E-state index is 13.7. The molecular formula is C24H14F7N5O. The second-order valence-electron chi connectivity index (χ2n) is 7.63. The smallest absolute Gasteiger partial charge is 0.366 e. The molecule has 2 N–H and O–H groups in total. The van der Waals surface area contributed by atoms with Gasteiger partial charge >= 0.3 is 12.4 Å². The van der Waals surface area contributed by atoms with E-state index in [2.05, 4.69) is 15.1 Å². The van der Waals surface area contributed by atoms with Gasteiger partial charge in [0, 0.05) is 29.6 Å². The Bertz CT molecular complexity index is 1470. The highest BCUT2D eigenvalue weighted by atomic mass is 19.4. The quantitative estimate of drug-likeness (QED) is 0.208. The van der Waals surface area contributed by atoms with Gasteiger partial charge in [0.25, 0.3) is 5.91 Å². The molecule has 0 saturated heterocycles. The zero-order valence-corrected chi connectivity index (χ0v) is 18.3. The Balaban J connectivity index is 1.87. The number of pyridine rings is 1. The molecule has 0 radical (unpaired) electrons. The summed E-state index contributed by atoms with van der Waals surface area (Å²) < 4.78 is 92.5. The van der Waals surface area contributed by atoms with Crippen molar-refractivity contribution in [3.8, 4) is 22.8 Å². The number of benzene rings is 2. The first-order valence-electron chi connectivity index (χ1n) is 10.3. The molecule has 0 bridgehead atoms. The zero-order valence-electron chi connectivity index (χ0n) is 18.3. The van der Waals surface area contributed by atoms with Crippen LogP contribution in [0.3, 0.4) is 0 Å². The second-order valence-corrected chi connectivity index (χ2v) is 7.63. The molecule has 0 aliphatic rings. The summed E-state index contributed by atoms with van der Waals surface area (Å²) in [6.07, 6.45) is -6.99. The van der Waals surface area contributed by atoms with Gasteiger partial charge in [0.05, 0.1) is 16.7 Å². The van der Waals surface area contributed by atoms with Crippen molar-refractivity contribution in [1.82, 2.24) is 19.7 Å². The van der Waals surface area contributed by atoms with E-state index in [1.54, 1.807) is 0 Å². The van der Waals surface area contributed by atoms with Gasteiger partial charge in [0.2, 0.25) is 5.95 Å². The molecule has 1 amide bonds. The third-order valence-corrected chi connectivity index (χ3v) is 5.13. The first kappa shape index (κ1) is 25.5. The number of nitrogens with two attached hydrogens (primary N) is 1. The molecule has 0 aliphatic carbocycles. The molecule has 0 saturated carbocycles. The van der Waals surface area contributed by atoms with E-state index in [9.17, 15) is 35.5 Å². The van der Waals surface area contributed by atoms with Gasteiger partial charge in [0.1, 0.15) is 0 Å². The number of amides is 1. The lowest BCUT2D eigenvalue weighted by molar-refractivity contribution is -0.138. The summed E-state index contributed by atoms with van der Waals surface area (Å²) in [6, 6.07) is 9.95. The highest BCUT2D eigenvalue weighted by molar-refractivity contribution is 6.22. The molecule has 2 heterocycles. The van der Waals surface area contributed by atoms with Crippen LogP contribution in [-0.2, 0) is 17.1 Å². The molecule has 37 heavy (non-hydrogen) atoms. The predicted octanol–water partition coefficient (Wildman–Crippen LogP) is 5.67. The molecule has 0 spiro atoms. The topological polar surface area (TPSA) is 86.7 Å². The molecule has 13 heteroatoms. The molecule has 6 nitrogen and oxygen atoms in total. The van der Waals surface area contributed by atoms with Crippen LogP contribution in [0.4, 0.5) is 30.7 Å². The number of rotatable bonds is 5. The number of carbonyl (C=O) groups is 1. The highest BCUT2D eigenvalue weighted by Gasteiger charge is 2.31. The van der Waals surface area contributed by atoms with Crippen molar-refractivity contribution in [3.05, 3.63) is 89.5 Å². The van der Waals surface area contributed by atoms with Gasteiger partial charge in [-0.25, -0.2) is 14.6 Å². The number of carbonyl (C=O) groups excluding carboxylic acids is 1. The number of halogens is 7. The van der Waals surface area contributed by atoms with Crippen molar-refractivity contribution in [3.63, 3.8) is 0 Å². The minimum Gasteiger partial charge on any atom is -0.366 e. The van der Waals surface area contributed by atoms with Crippen molar-refractivity contribution in [2.24, 2.45) is 5.73 Å². The van der Waals surface area contributed by atoms with E-state index < -0.39 is 35.3 Å². The molecular weight excluding hydrogens is 507 g/mol. The van der Waals surface area contributed by atoms with Crippen LogP contribution >= 0.6 is 0 Å². The lowest BCUT2D eigenvalue weighted by Gasteiger charge is -2.08. The zero-order chi connectivity index (χ0) is 27.0. The monoisotopic (exact) mass is 521 g/mol. The van der Waals surface area contributed by atoms with Crippen LogP contribution in [0.5, 0.6) is 0 Å². The van der Waals surface area contributed by atoms with Crippen LogP contribution in [-0.4, -0.2) is 25.7 Å². The van der Waals surface area contributed by atoms with E-state index in [-0.39, 0.29) is 33.9 Å². The van der Waals surface area contributed by atoms with Gasteiger partial charge in [-0.1, -0.05) is 24.3 Å². The lowest BCUT2D eigenvalue weighted by atomic mass is 10.1. The van der Waals surface area contributed by atoms with Gasteiger partial charge in [-0.15, -0.1) is 5.10 Å². The van der Waals surface area contributed by atoms with E-state index in [1.807, 2.05) is 0 Å². The Hall–Kier alpha value is -4.55. The van der Waals surface area contributed by atoms with Gasteiger partial charge in [0.15, 0.2) is 11.6 Å². The average Bonchev–Trinajstić information content (AvgIpc) is 3.25. The van der Waals surface area contributed by atoms with E-state index in [0.29, 0.717) is 0 Å². The summed E-state index contributed by atoms with van der Waals surface area (Å²) in [7, 11) is 0. The van der Waals surface area contributed by atoms with Gasteiger partial charge in [-0.3, -0.25) is 4.79 Å². The van der Waals surface area contributed by atoms with E-state index in [4.69, 9.17) is 5.73 Å². The number of hydrogen-bond acceptors (Lipinski definition) is 4. The maximum Gasteiger partial charge on any atom is 0.416 e. The highest BCUT2D eigenvalue weighted by Crippen LogP contribution is 2.33. The molecule has 2 aromatic carbocycles. The molecule has 0 aliphatic heterocycles. The number of alkyl halides is 6. The Morgan fingerprint density at radius 2 is 1.38 bits per heavy atom. The van der Waals surface area contributed by atoms with Crippen molar-refractivity contribution in [2.75, 3.05) is 0 Å². The second kappa shape index (κ2) is 9.48. The summed E-state index contributed by atoms with van der Waals surface area (Å²) in [5.74, 6) is -2.05. The lowest BCUT2D eigenvalue weighted by Crippen LogP contribution is -2.14. The Kier molecular flexibility index (Phi) is 6.55. The average molecular weight is 521 g/mol. The molecule has 0 atom stereocenters. The van der Waals surface area contributed by atoms with E-state index >= 15 is 0 Å². The fourth-order valence-corrected chi connectivity index (χ4v) is 3.32. The fourth-order valence-electron chi connectivity index (χ4n) is 3.32. The van der Waals surface area contributed by atoms with Crippen molar-refractivity contribution >= 4 is 17.7 Å². The SMILES string of the molecule is NC(=O)C(=Cn1nc(-c2ccc(C(F)(F)F)cc2)nc1-c1ccc(C(F)(F)F)cc1)c1ccnc(F)c1. The number of nitrogens with zero attached hydrogens (tertiary/aromatic N) is 4. The van der Waals surface area contributed by atoms with Crippen LogP contribution in [0.1, 0.15) is 16.7 Å². The summed E-state index contributed by atoms with van der Waals surface area (Å²) in [5.41, 5.74) is 3.71. The molecule has 4 aromatic rings. The van der Waals surface area contributed by atoms with Crippen molar-refractivity contribution in [1.29, 1.82) is 0 Å². The summed E-state index contributed by atoms with van der Waals surface area (Å²) >= 11 is 0. The predicted molar refractivity (Wildman–Crippen MR) is 118 cm³/mol. The minimum absolute atomic E-state index is 0.0324. The van der Waals surface area contributed by atoms with E-state index in [1.165, 1.54) is 6.07 Å². The van der Waals surface area contributed by atoms with Gasteiger partial charge < -0.3 is 5.73 Å². The molecule has 0 unspecified atom stereocenters. The summed E-state index contributed by atoms with van der Waals surface area (Å²) in [6.45, 7) is 0. The Labute approximate surface area is 203 Å². The molecule has 2 aromatic heterocycles. The number of aromatic nitrogens is 4. The molecule has 4 rings (SSSR count). The minimum atomic E-state index is -4.60. The Morgan fingerprint density at radius 3 is 1.86 bits per heavy atom. The summed E-state index contributed by atoms with van der Waals surface area (Å²) in [4.78, 5) is 19.8. The standard InChI is InChI=1S/C24H14F7N5O/c25-19-11-15(9-10-33-19)18(20(32)37)12-36-22(14-3-7-17(8-4-14)24(29,30)31)34-21(35-36)13-1-5-16(6-2-13)23(26,27)28/h1-12H,(H2,32,37). The van der Waals surface area contributed by atoms with Crippen molar-refractivity contribution < 1.29 is 35.5 Å². The van der Waals surface area contributed by atoms with E-state index in [0.717, 1.165) is 71.7 Å². The van der Waals surface area contributed by atoms with Gasteiger partial charge in [-0.05, 0) is 35.9 Å². The summed E-state index contributed by atoms with van der Waals surface area (Å²) in [5, 5.41) is 4.20. The third-order valence-electron chi connectivity index (χ3n) is 5.13. The maximum atomic E-state index is 13.7. The first-order chi connectivity index (χ1) is 17.3. The number of primary amides is 1. The van der Waals surface area contributed by atoms with Crippen LogP contribution in [0.2, 0.25) is 0 Å². The van der Waals surface area contributed by atoms with Crippen LogP contribution in [0.25, 0.3) is 34.5 Å². The molecule has 0 fully saturated rings. The fraction of sp³-hybridized carbons (Fsp3) is 0.0833. The number of hydrogen-bond donors (Lipinski definition) is 1. The Morgan fingerprint density at radius 1 is 0.838 bits per heavy atom. The van der Waals surface area contributed by atoms with Crippen LogP contribution < -0.4 is 5.73 Å². The van der Waals surface area contributed by atoms with Crippen LogP contribution in [0, 0.1) is 5.95 Å². The van der Waals surface area contributed by atoms with Crippen molar-refractivity contribution in [2.45, 2.75) is 12.4 Å². The first-order valence-corrected chi connectivity index (χ1v) is 10.3. The van der Waals surface area contributed by atoms with Gasteiger partial charge in [-0.2, -0.15) is 30.7 Å². The molecule has 190 valence electrons. The third kappa shape index (κ3) is 5.66. The largest absolute Gasteiger partial charge is 0.416 e. The normalized spacial score (nSPS) is 12.6.